The molecule has 4 saturated carbocycles. The highest BCUT2D eigenvalue weighted by Crippen LogP contribution is 2.75. The normalized spacial score (nSPS) is 54.1. The molecule has 9 fully saturated rings. The maximum Gasteiger partial charge on any atom is 0.315 e. The molecule has 0 unspecified atom stereocenters. The van der Waals surface area contributed by atoms with Gasteiger partial charge in [-0.1, -0.05) is 58.4 Å². The molecule has 5 heterocycles. The van der Waals surface area contributed by atoms with Gasteiger partial charge in [-0.3, -0.25) is 4.79 Å². The SMILES string of the molecule is C=C1CC[C@]2(C(=O)O[C@H]3O[C@@H](CO[C@H]4O[C@@H](CO)[C@H](O)[C@@H](O)[C@@H]4O)[C@H](O)[C@@H](O)[C@@H]3O)CC[C@]3(C)C(=CC[C@@H]4[C@@]5(C)CC[C@H](O[C@H]6OC[C@H](O)[C@@H](O)[C@@H]6O[C@H]6O[C@@H](C)[C@H](O)[C@@H](O[C@H]7OC[C@H](O)[C@@H](O)[C@@H]7O)[C@@H]6O)C(C)(C)[C@@H]5CC[C@@]43C)[C@@H]2C1. The fourth-order valence-electron chi connectivity index (χ4n) is 16.8. The minimum absolute atomic E-state index is 0.129. The predicted octanol–water partition coefficient (Wildman–Crippen LogP) is -2.38. The number of hydrogen-bond donors (Lipinski definition) is 14. The van der Waals surface area contributed by atoms with Gasteiger partial charge >= 0.3 is 5.97 Å². The van der Waals surface area contributed by atoms with Crippen molar-refractivity contribution in [3.8, 4) is 0 Å². The summed E-state index contributed by atoms with van der Waals surface area (Å²) in [7, 11) is 0. The van der Waals surface area contributed by atoms with Crippen LogP contribution in [0.25, 0.3) is 0 Å². The molecule has 10 rings (SSSR count). The predicted molar refractivity (Wildman–Crippen MR) is 277 cm³/mol. The molecule has 0 bridgehead atoms. The van der Waals surface area contributed by atoms with Crippen LogP contribution in [0.15, 0.2) is 23.8 Å². The molecule has 0 aromatic carbocycles. The highest BCUT2D eigenvalue weighted by atomic mass is 16.8. The molecule has 25 nitrogen and oxygen atoms in total. The van der Waals surface area contributed by atoms with E-state index in [1.54, 1.807) is 0 Å². The first-order valence-corrected chi connectivity index (χ1v) is 29.4. The molecule has 0 spiro atoms. The third kappa shape index (κ3) is 10.5. The summed E-state index contributed by atoms with van der Waals surface area (Å²) in [4.78, 5) is 15.0. The molecule has 0 aromatic heterocycles. The van der Waals surface area contributed by atoms with Crippen molar-refractivity contribution in [1.29, 1.82) is 0 Å². The maximum absolute atomic E-state index is 15.0. The van der Waals surface area contributed by atoms with E-state index in [9.17, 15) is 76.3 Å². The monoisotopic (exact) mass is 1170 g/mol. The Labute approximate surface area is 476 Å². The number of carbonyl (C=O) groups excluding carboxylic acids is 1. The van der Waals surface area contributed by atoms with Crippen molar-refractivity contribution in [2.45, 2.75) is 253 Å². The van der Waals surface area contributed by atoms with E-state index in [4.69, 9.17) is 47.4 Å². The zero-order valence-electron chi connectivity index (χ0n) is 47.5. The van der Waals surface area contributed by atoms with E-state index in [2.05, 4.69) is 47.3 Å². The maximum atomic E-state index is 15.0. The number of rotatable bonds is 12. The van der Waals surface area contributed by atoms with Crippen LogP contribution in [0.3, 0.4) is 0 Å². The molecule has 14 N–H and O–H groups in total. The first-order chi connectivity index (χ1) is 38.5. The van der Waals surface area contributed by atoms with E-state index in [1.807, 2.05) is 0 Å². The molecule has 10 aliphatic rings. The van der Waals surface area contributed by atoms with Crippen molar-refractivity contribution in [2.75, 3.05) is 26.4 Å². The van der Waals surface area contributed by atoms with Gasteiger partial charge in [0, 0.05) is 5.92 Å². The number of hydrogen-bond acceptors (Lipinski definition) is 25. The lowest BCUT2D eigenvalue weighted by molar-refractivity contribution is -0.378. The lowest BCUT2D eigenvalue weighted by Crippen LogP contribution is -2.66. The van der Waals surface area contributed by atoms with Gasteiger partial charge in [0.25, 0.3) is 0 Å². The van der Waals surface area contributed by atoms with Gasteiger partial charge in [-0.05, 0) is 105 Å². The van der Waals surface area contributed by atoms with Crippen LogP contribution >= 0.6 is 0 Å². The van der Waals surface area contributed by atoms with Crippen LogP contribution in [0.5, 0.6) is 0 Å². The van der Waals surface area contributed by atoms with E-state index in [0.29, 0.717) is 38.5 Å². The third-order valence-corrected chi connectivity index (χ3v) is 22.1. The van der Waals surface area contributed by atoms with E-state index < -0.39 is 177 Å². The first-order valence-electron chi connectivity index (χ1n) is 29.4. The smallest absolute Gasteiger partial charge is 0.315 e. The van der Waals surface area contributed by atoms with Crippen LogP contribution in [0.4, 0.5) is 0 Å². The highest BCUT2D eigenvalue weighted by molar-refractivity contribution is 5.79. The van der Waals surface area contributed by atoms with Crippen LogP contribution in [0.2, 0.25) is 0 Å². The van der Waals surface area contributed by atoms with Crippen LogP contribution in [0.1, 0.15) is 106 Å². The van der Waals surface area contributed by atoms with Crippen molar-refractivity contribution in [3.63, 3.8) is 0 Å². The van der Waals surface area contributed by atoms with E-state index in [1.165, 1.54) is 12.5 Å². The second-order valence-electron chi connectivity index (χ2n) is 26.8. The average molecular weight is 1180 g/mol. The van der Waals surface area contributed by atoms with E-state index in [0.717, 1.165) is 31.3 Å². The zero-order chi connectivity index (χ0) is 59.5. The molecule has 468 valence electrons. The Balaban J connectivity index is 0.831. The van der Waals surface area contributed by atoms with Crippen molar-refractivity contribution < 1.29 is 124 Å². The number of allylic oxidation sites excluding steroid dienone is 3. The number of aliphatic hydroxyl groups excluding tert-OH is 14. The summed E-state index contributed by atoms with van der Waals surface area (Å²) in [5.74, 6) is -0.592. The molecule has 0 amide bonds. The molecule has 82 heavy (non-hydrogen) atoms. The van der Waals surface area contributed by atoms with E-state index in [-0.39, 0.29) is 47.2 Å². The number of ether oxygens (including phenoxy) is 10. The molecule has 31 atom stereocenters. The Morgan fingerprint density at radius 2 is 1.23 bits per heavy atom. The van der Waals surface area contributed by atoms with Gasteiger partial charge in [-0.25, -0.2) is 0 Å². The van der Waals surface area contributed by atoms with Crippen molar-refractivity contribution in [2.24, 2.45) is 44.8 Å². The first kappa shape index (κ1) is 63.1. The Kier molecular flexibility index (Phi) is 18.1. The Morgan fingerprint density at radius 3 is 1.93 bits per heavy atom. The van der Waals surface area contributed by atoms with Gasteiger partial charge in [0.1, 0.15) is 104 Å². The van der Waals surface area contributed by atoms with Crippen LogP contribution in [-0.2, 0) is 52.2 Å². The minimum Gasteiger partial charge on any atom is -0.432 e. The van der Waals surface area contributed by atoms with Gasteiger partial charge < -0.3 is 119 Å². The van der Waals surface area contributed by atoms with Crippen molar-refractivity contribution in [3.05, 3.63) is 23.8 Å². The highest BCUT2D eigenvalue weighted by Gasteiger charge is 2.70. The summed E-state index contributed by atoms with van der Waals surface area (Å²) in [6.07, 6.45) is -27.5. The van der Waals surface area contributed by atoms with Gasteiger partial charge in [0.05, 0.1) is 44.1 Å². The third-order valence-electron chi connectivity index (χ3n) is 22.1. The summed E-state index contributed by atoms with van der Waals surface area (Å²) in [6.45, 7) is 15.4. The van der Waals surface area contributed by atoms with Crippen LogP contribution < -0.4 is 0 Å². The lowest BCUT2D eigenvalue weighted by Gasteiger charge is -2.71. The molecule has 0 radical (unpaired) electrons. The summed E-state index contributed by atoms with van der Waals surface area (Å²) in [6, 6.07) is 0. The Morgan fingerprint density at radius 1 is 0.610 bits per heavy atom. The van der Waals surface area contributed by atoms with Crippen LogP contribution in [0, 0.1) is 44.8 Å². The molecule has 25 heteroatoms. The fourth-order valence-corrected chi connectivity index (χ4v) is 16.8. The quantitative estimate of drug-likeness (QED) is 0.0551. The molecule has 0 aromatic rings. The summed E-state index contributed by atoms with van der Waals surface area (Å²) >= 11 is 0. The summed E-state index contributed by atoms with van der Waals surface area (Å²) in [5.41, 5.74) is -0.171. The van der Waals surface area contributed by atoms with Gasteiger partial charge in [-0.2, -0.15) is 0 Å². The van der Waals surface area contributed by atoms with Gasteiger partial charge in [0.15, 0.2) is 25.2 Å². The lowest BCUT2D eigenvalue weighted by atomic mass is 9.34. The Hall–Kier alpha value is -1.97. The van der Waals surface area contributed by atoms with Crippen molar-refractivity contribution >= 4 is 5.97 Å². The molecule has 5 saturated heterocycles. The molecular weight excluding hydrogens is 1080 g/mol. The number of esters is 1. The largest absolute Gasteiger partial charge is 0.432 e. The molecular formula is C57H90O25. The topological polar surface area (TPSA) is 393 Å². The summed E-state index contributed by atoms with van der Waals surface area (Å²) in [5, 5.41) is 150. The zero-order valence-corrected chi connectivity index (χ0v) is 47.5. The van der Waals surface area contributed by atoms with Crippen LogP contribution in [-0.4, -0.2) is 251 Å². The Bertz CT molecular complexity index is 2310. The second-order valence-corrected chi connectivity index (χ2v) is 26.8. The number of aliphatic hydroxyl groups is 14. The van der Waals surface area contributed by atoms with Gasteiger partial charge in [0.2, 0.25) is 6.29 Å². The molecule has 5 aliphatic heterocycles. The van der Waals surface area contributed by atoms with Crippen molar-refractivity contribution in [1.82, 2.24) is 0 Å². The average Bonchev–Trinajstić information content (AvgIpc) is 0.767. The molecule has 5 aliphatic carbocycles. The standard InChI is InChI=1S/C57H90O25/c1-23-10-15-57(52(72)82-49-43(70)40(67)38(65)30(78-49)22-75-47-42(69)39(66)37(64)29(19-58)77-47)17-16-55(6)25(26(57)18-23)8-9-32-54(5)13-12-33(53(3,4)31(54)11-14-56(32,55)7)79-51-46(36(63)28(60)21-74-51)81-50-44(71)45(34(61)24(2)76-50)80-48-41(68)35(62)27(59)20-73-48/h8,24,26-51,58-71H,1,9-22H2,2-7H3/t24-,26-,27-,28-,29-,30-,31-,32+,33-,34-,35+,36+,37-,38-,39+,40+,41-,42-,43-,44-,45+,46-,47-,48+,49+,50+,51+,54-,55+,56-,57-/m0/s1. The summed E-state index contributed by atoms with van der Waals surface area (Å²) < 4.78 is 59.4. The van der Waals surface area contributed by atoms with E-state index >= 15 is 0 Å². The fraction of sp³-hybridized carbons (Fsp3) is 0.912. The number of carbonyl (C=O) groups is 1. The van der Waals surface area contributed by atoms with Gasteiger partial charge in [-0.15, -0.1) is 0 Å². The second kappa shape index (κ2) is 23.5. The number of fused-ring (bicyclic) bond motifs is 7. The minimum atomic E-state index is -1.85.